The summed E-state index contributed by atoms with van der Waals surface area (Å²) in [6, 6.07) is 12.6. The molecule has 2 aromatic carbocycles. The van der Waals surface area contributed by atoms with Gasteiger partial charge in [0.2, 0.25) is 0 Å². The molecule has 7 heteroatoms. The minimum absolute atomic E-state index is 0.0240. The van der Waals surface area contributed by atoms with Crippen molar-refractivity contribution in [3.05, 3.63) is 81.9 Å². The lowest BCUT2D eigenvalue weighted by Gasteiger charge is -2.15. The Morgan fingerprint density at radius 3 is 2.26 bits per heavy atom. The normalized spacial score (nSPS) is 10.5. The molecule has 0 atom stereocenters. The van der Waals surface area contributed by atoms with Gasteiger partial charge in [-0.15, -0.1) is 0 Å². The van der Waals surface area contributed by atoms with Crippen molar-refractivity contribution in [3.8, 4) is 17.2 Å². The highest BCUT2D eigenvalue weighted by Gasteiger charge is 2.18. The van der Waals surface area contributed by atoms with Crippen LogP contribution in [0.3, 0.4) is 0 Å². The smallest absolute Gasteiger partial charge is 0.256 e. The van der Waals surface area contributed by atoms with E-state index in [-0.39, 0.29) is 16.9 Å². The van der Waals surface area contributed by atoms with Gasteiger partial charge in [0, 0.05) is 17.7 Å². The molecule has 2 N–H and O–H groups in total. The predicted molar refractivity (Wildman–Crippen MR) is 99.4 cm³/mol. The van der Waals surface area contributed by atoms with Crippen molar-refractivity contribution in [1.82, 2.24) is 4.57 Å². The molecule has 0 aliphatic carbocycles. The lowest BCUT2D eigenvalue weighted by molar-refractivity contribution is 0.103. The van der Waals surface area contributed by atoms with Crippen LogP contribution in [0, 0.1) is 5.82 Å². The van der Waals surface area contributed by atoms with Gasteiger partial charge in [0.15, 0.2) is 17.3 Å². The van der Waals surface area contributed by atoms with E-state index in [1.54, 1.807) is 18.2 Å². The number of nitrogens with zero attached hydrogens (tertiary/aromatic N) is 1. The Kier molecular flexibility index (Phi) is 4.94. The van der Waals surface area contributed by atoms with Gasteiger partial charge in [0.1, 0.15) is 11.6 Å². The second kappa shape index (κ2) is 7.33. The first-order chi connectivity index (χ1) is 13.0. The average Bonchev–Trinajstić information content (AvgIpc) is 2.68. The number of hydrogen-bond donors (Lipinski definition) is 1. The molecule has 6 nitrogen and oxygen atoms in total. The number of pyridine rings is 1. The molecular formula is C20H17FN2O4. The Morgan fingerprint density at radius 2 is 1.63 bits per heavy atom. The fourth-order valence-corrected chi connectivity index (χ4v) is 2.73. The second-order valence-corrected chi connectivity index (χ2v) is 5.68. The van der Waals surface area contributed by atoms with Gasteiger partial charge in [0.25, 0.3) is 5.56 Å². The maximum atomic E-state index is 13.1. The summed E-state index contributed by atoms with van der Waals surface area (Å²) in [7, 11) is 2.97. The molecule has 27 heavy (non-hydrogen) atoms. The van der Waals surface area contributed by atoms with E-state index in [0.29, 0.717) is 17.2 Å². The van der Waals surface area contributed by atoms with E-state index in [2.05, 4.69) is 0 Å². The lowest BCUT2D eigenvalue weighted by atomic mass is 10.0. The first-order valence-corrected chi connectivity index (χ1v) is 8.00. The van der Waals surface area contributed by atoms with Crippen molar-refractivity contribution in [1.29, 1.82) is 0 Å². The third kappa shape index (κ3) is 3.39. The van der Waals surface area contributed by atoms with E-state index in [1.807, 2.05) is 0 Å². The van der Waals surface area contributed by atoms with Crippen LogP contribution in [-0.2, 0) is 0 Å². The quantitative estimate of drug-likeness (QED) is 0.700. The molecule has 1 heterocycles. The van der Waals surface area contributed by atoms with Gasteiger partial charge in [-0.05, 0) is 42.5 Å². The topological polar surface area (TPSA) is 83.5 Å². The zero-order valence-corrected chi connectivity index (χ0v) is 14.7. The third-order valence-electron chi connectivity index (χ3n) is 4.11. The third-order valence-corrected chi connectivity index (χ3v) is 4.11. The highest BCUT2D eigenvalue weighted by Crippen LogP contribution is 2.30. The summed E-state index contributed by atoms with van der Waals surface area (Å²) in [6.07, 6.45) is 0. The Balaban J connectivity index is 2.13. The van der Waals surface area contributed by atoms with Crippen molar-refractivity contribution >= 4 is 11.6 Å². The van der Waals surface area contributed by atoms with Crippen molar-refractivity contribution in [2.75, 3.05) is 20.0 Å². The number of rotatable bonds is 5. The summed E-state index contributed by atoms with van der Waals surface area (Å²) in [5, 5.41) is 0. The van der Waals surface area contributed by atoms with Crippen LogP contribution in [0.4, 0.5) is 10.2 Å². The fraction of sp³-hybridized carbons (Fsp3) is 0.100. The van der Waals surface area contributed by atoms with Crippen LogP contribution >= 0.6 is 0 Å². The van der Waals surface area contributed by atoms with Crippen LogP contribution in [-0.4, -0.2) is 24.6 Å². The summed E-state index contributed by atoms with van der Waals surface area (Å²) in [6.45, 7) is 0. The summed E-state index contributed by atoms with van der Waals surface area (Å²) in [5.74, 6) is 0.0172. The first-order valence-electron chi connectivity index (χ1n) is 8.00. The van der Waals surface area contributed by atoms with Crippen LogP contribution in [0.15, 0.2) is 59.4 Å². The van der Waals surface area contributed by atoms with Gasteiger partial charge in [-0.1, -0.05) is 0 Å². The van der Waals surface area contributed by atoms with Gasteiger partial charge in [-0.2, -0.15) is 0 Å². The van der Waals surface area contributed by atoms with Gasteiger partial charge < -0.3 is 15.2 Å². The van der Waals surface area contributed by atoms with E-state index >= 15 is 0 Å². The number of hydrogen-bond acceptors (Lipinski definition) is 5. The molecule has 0 saturated carbocycles. The molecule has 0 aliphatic rings. The first kappa shape index (κ1) is 18.2. The van der Waals surface area contributed by atoms with E-state index in [1.165, 1.54) is 55.2 Å². The van der Waals surface area contributed by atoms with Crippen LogP contribution in [0.2, 0.25) is 0 Å². The van der Waals surface area contributed by atoms with Gasteiger partial charge in [0.05, 0.1) is 25.5 Å². The Morgan fingerprint density at radius 1 is 0.963 bits per heavy atom. The summed E-state index contributed by atoms with van der Waals surface area (Å²) in [5.41, 5.74) is 6.56. The number of halogens is 1. The number of anilines is 1. The summed E-state index contributed by atoms with van der Waals surface area (Å²) >= 11 is 0. The number of nitrogens with two attached hydrogens (primary N) is 1. The number of methoxy groups -OCH3 is 2. The Bertz CT molecular complexity index is 1060. The molecule has 0 aliphatic heterocycles. The molecule has 1 aromatic heterocycles. The van der Waals surface area contributed by atoms with Gasteiger partial charge in [-0.25, -0.2) is 4.39 Å². The predicted octanol–water partition coefficient (Wildman–Crippen LogP) is 2.81. The number of carbonyl (C=O) groups is 1. The van der Waals surface area contributed by atoms with Crippen LogP contribution in [0.1, 0.15) is 15.9 Å². The molecule has 0 unspecified atom stereocenters. The average molecular weight is 368 g/mol. The Labute approximate surface area is 154 Å². The number of ketones is 1. The van der Waals surface area contributed by atoms with E-state index in [9.17, 15) is 14.0 Å². The standard InChI is InChI=1S/C20H17FN2O4/c1-26-16-9-7-14(11-17(16)27-2)23-18(24)10-8-15(20(23)22)19(25)12-3-5-13(21)6-4-12/h3-11H,22H2,1-2H3. The van der Waals surface area contributed by atoms with Gasteiger partial charge in [-0.3, -0.25) is 14.2 Å². The highest BCUT2D eigenvalue weighted by molar-refractivity contribution is 6.11. The van der Waals surface area contributed by atoms with Gasteiger partial charge >= 0.3 is 0 Å². The van der Waals surface area contributed by atoms with Crippen molar-refractivity contribution in [2.45, 2.75) is 0 Å². The van der Waals surface area contributed by atoms with E-state index in [4.69, 9.17) is 15.2 Å². The highest BCUT2D eigenvalue weighted by atomic mass is 19.1. The number of aromatic nitrogens is 1. The van der Waals surface area contributed by atoms with Crippen LogP contribution in [0.5, 0.6) is 11.5 Å². The second-order valence-electron chi connectivity index (χ2n) is 5.68. The van der Waals surface area contributed by atoms with E-state index in [0.717, 1.165) is 0 Å². The van der Waals surface area contributed by atoms with Crippen molar-refractivity contribution < 1.29 is 18.7 Å². The largest absolute Gasteiger partial charge is 0.493 e. The molecule has 0 bridgehead atoms. The maximum absolute atomic E-state index is 13.1. The molecule has 0 spiro atoms. The molecule has 0 saturated heterocycles. The lowest BCUT2D eigenvalue weighted by Crippen LogP contribution is -2.23. The van der Waals surface area contributed by atoms with Crippen molar-refractivity contribution in [2.24, 2.45) is 0 Å². The molecule has 0 amide bonds. The number of ether oxygens (including phenoxy) is 2. The molecule has 0 fully saturated rings. The minimum Gasteiger partial charge on any atom is -0.493 e. The number of benzene rings is 2. The number of carbonyl (C=O) groups excluding carboxylic acids is 1. The molecule has 138 valence electrons. The fourth-order valence-electron chi connectivity index (χ4n) is 2.73. The van der Waals surface area contributed by atoms with Crippen LogP contribution < -0.4 is 20.8 Å². The monoisotopic (exact) mass is 368 g/mol. The zero-order valence-electron chi connectivity index (χ0n) is 14.7. The molecule has 3 rings (SSSR count). The maximum Gasteiger partial charge on any atom is 0.256 e. The summed E-state index contributed by atoms with van der Waals surface area (Å²) in [4.78, 5) is 25.1. The van der Waals surface area contributed by atoms with Crippen molar-refractivity contribution in [3.63, 3.8) is 0 Å². The number of nitrogen functional groups attached to an aromatic ring is 1. The summed E-state index contributed by atoms with van der Waals surface area (Å²) < 4.78 is 24.7. The van der Waals surface area contributed by atoms with E-state index < -0.39 is 17.2 Å². The zero-order chi connectivity index (χ0) is 19.6. The molecule has 0 radical (unpaired) electrons. The minimum atomic E-state index is -0.449. The molecule has 3 aromatic rings. The Hall–Kier alpha value is -3.61. The molecular weight excluding hydrogens is 351 g/mol. The SMILES string of the molecule is COc1ccc(-n2c(N)c(C(=O)c3ccc(F)cc3)ccc2=O)cc1OC. The van der Waals surface area contributed by atoms with Crippen LogP contribution in [0.25, 0.3) is 5.69 Å².